The van der Waals surface area contributed by atoms with Crippen LogP contribution in [0.2, 0.25) is 0 Å². The second kappa shape index (κ2) is 7.23. The zero-order valence-corrected chi connectivity index (χ0v) is 15.4. The summed E-state index contributed by atoms with van der Waals surface area (Å²) < 4.78 is 0. The minimum Gasteiger partial charge on any atom is -0.339 e. The monoisotopic (exact) mass is 336 g/mol. The number of carbonyl (C=O) groups excluding carboxylic acids is 1. The quantitative estimate of drug-likeness (QED) is 0.849. The lowest BCUT2D eigenvalue weighted by molar-refractivity contribution is 0.0494. The van der Waals surface area contributed by atoms with Gasteiger partial charge < -0.3 is 10.2 Å². The first-order valence-corrected chi connectivity index (χ1v) is 8.59. The van der Waals surface area contributed by atoms with Crippen molar-refractivity contribution >= 4 is 18.3 Å². The number of halogens is 1. The molecule has 2 saturated heterocycles. The van der Waals surface area contributed by atoms with Crippen LogP contribution >= 0.6 is 12.4 Å². The number of aryl methyl sites for hydroxylation is 3. The number of likely N-dealkylation sites (tertiary alicyclic amines) is 1. The molecule has 1 N–H and O–H groups in total. The smallest absolute Gasteiger partial charge is 0.254 e. The SMILES string of the molecule is Cc1cc(C)c(C(=O)N2CCC3(CCNCC3)CC2)c(C)c1.Cl. The molecule has 2 aliphatic heterocycles. The minimum atomic E-state index is 0. The first kappa shape index (κ1) is 18.3. The van der Waals surface area contributed by atoms with E-state index in [0.29, 0.717) is 5.41 Å². The summed E-state index contributed by atoms with van der Waals surface area (Å²) in [5.74, 6) is 0.235. The second-order valence-electron chi connectivity index (χ2n) is 7.32. The van der Waals surface area contributed by atoms with Gasteiger partial charge in [0.1, 0.15) is 0 Å². The number of hydrogen-bond acceptors (Lipinski definition) is 2. The van der Waals surface area contributed by atoms with Crippen LogP contribution < -0.4 is 5.32 Å². The molecule has 1 aromatic carbocycles. The van der Waals surface area contributed by atoms with Crippen LogP contribution in [0.4, 0.5) is 0 Å². The van der Waals surface area contributed by atoms with Crippen molar-refractivity contribution in [3.05, 3.63) is 34.4 Å². The van der Waals surface area contributed by atoms with E-state index in [9.17, 15) is 4.79 Å². The van der Waals surface area contributed by atoms with Crippen molar-refractivity contribution in [1.29, 1.82) is 0 Å². The van der Waals surface area contributed by atoms with Gasteiger partial charge in [0.05, 0.1) is 0 Å². The molecule has 128 valence electrons. The fourth-order valence-electron chi connectivity index (χ4n) is 4.32. The Morgan fingerprint density at radius 2 is 1.52 bits per heavy atom. The zero-order valence-electron chi connectivity index (χ0n) is 14.6. The van der Waals surface area contributed by atoms with Gasteiger partial charge in [-0.1, -0.05) is 17.7 Å². The Bertz CT molecular complexity index is 546. The standard InChI is InChI=1S/C19H28N2O.ClH/c1-14-12-15(2)17(16(3)13-14)18(22)21-10-6-19(7-11-21)4-8-20-9-5-19;/h12-13,20H,4-11H2,1-3H3;1H. The fraction of sp³-hybridized carbons (Fsp3) is 0.632. The van der Waals surface area contributed by atoms with Gasteiger partial charge in [0.15, 0.2) is 0 Å². The van der Waals surface area contributed by atoms with Crippen LogP contribution in [-0.4, -0.2) is 37.0 Å². The fourth-order valence-corrected chi connectivity index (χ4v) is 4.32. The highest BCUT2D eigenvalue weighted by atomic mass is 35.5. The molecule has 2 fully saturated rings. The van der Waals surface area contributed by atoms with E-state index in [1.807, 2.05) is 0 Å². The predicted molar refractivity (Wildman–Crippen MR) is 97.6 cm³/mol. The third kappa shape index (κ3) is 3.72. The van der Waals surface area contributed by atoms with Crippen LogP contribution in [0, 0.1) is 26.2 Å². The molecule has 0 unspecified atom stereocenters. The van der Waals surface area contributed by atoms with E-state index in [1.54, 1.807) is 0 Å². The molecule has 1 spiro atoms. The van der Waals surface area contributed by atoms with Gasteiger partial charge in [-0.2, -0.15) is 0 Å². The minimum absolute atomic E-state index is 0. The first-order chi connectivity index (χ1) is 10.5. The summed E-state index contributed by atoms with van der Waals surface area (Å²) in [5.41, 5.74) is 4.89. The van der Waals surface area contributed by atoms with Crippen LogP contribution in [-0.2, 0) is 0 Å². The van der Waals surface area contributed by atoms with Crippen LogP contribution in [0.25, 0.3) is 0 Å². The molecule has 0 atom stereocenters. The third-order valence-corrected chi connectivity index (χ3v) is 5.67. The van der Waals surface area contributed by atoms with E-state index in [0.717, 1.165) is 42.9 Å². The lowest BCUT2D eigenvalue weighted by atomic mass is 9.71. The van der Waals surface area contributed by atoms with Gasteiger partial charge in [-0.25, -0.2) is 0 Å². The highest BCUT2D eigenvalue weighted by Crippen LogP contribution is 2.39. The summed E-state index contributed by atoms with van der Waals surface area (Å²) in [7, 11) is 0. The van der Waals surface area contributed by atoms with Crippen LogP contribution in [0.15, 0.2) is 12.1 Å². The number of carbonyl (C=O) groups is 1. The molecule has 4 heteroatoms. The summed E-state index contributed by atoms with van der Waals surface area (Å²) in [6.07, 6.45) is 4.89. The molecule has 1 aromatic rings. The van der Waals surface area contributed by atoms with Crippen LogP contribution in [0.5, 0.6) is 0 Å². The largest absolute Gasteiger partial charge is 0.339 e. The van der Waals surface area contributed by atoms with Crippen molar-refractivity contribution in [1.82, 2.24) is 10.2 Å². The van der Waals surface area contributed by atoms with E-state index in [1.165, 1.54) is 31.2 Å². The molecular formula is C19H29ClN2O. The number of hydrogen-bond donors (Lipinski definition) is 1. The van der Waals surface area contributed by atoms with Crippen LogP contribution in [0.3, 0.4) is 0 Å². The third-order valence-electron chi connectivity index (χ3n) is 5.67. The van der Waals surface area contributed by atoms with E-state index < -0.39 is 0 Å². The van der Waals surface area contributed by atoms with E-state index in [-0.39, 0.29) is 18.3 Å². The summed E-state index contributed by atoms with van der Waals surface area (Å²) in [4.78, 5) is 15.0. The average molecular weight is 337 g/mol. The molecule has 3 rings (SSSR count). The summed E-state index contributed by atoms with van der Waals surface area (Å²) in [6, 6.07) is 4.25. The molecule has 0 radical (unpaired) electrons. The van der Waals surface area contributed by atoms with Gasteiger partial charge in [0.25, 0.3) is 5.91 Å². The maximum absolute atomic E-state index is 12.9. The van der Waals surface area contributed by atoms with Gasteiger partial charge in [0, 0.05) is 18.7 Å². The topological polar surface area (TPSA) is 32.3 Å². The predicted octanol–water partition coefficient (Wildman–Crippen LogP) is 3.64. The molecular weight excluding hydrogens is 308 g/mol. The zero-order chi connectivity index (χ0) is 15.7. The Labute approximate surface area is 146 Å². The van der Waals surface area contributed by atoms with Crippen LogP contribution in [0.1, 0.15) is 52.7 Å². The molecule has 2 aliphatic rings. The average Bonchev–Trinajstić information content (AvgIpc) is 2.47. The summed E-state index contributed by atoms with van der Waals surface area (Å²) in [6.45, 7) is 10.3. The first-order valence-electron chi connectivity index (χ1n) is 8.59. The molecule has 1 amide bonds. The highest BCUT2D eigenvalue weighted by molar-refractivity contribution is 5.97. The number of nitrogens with one attached hydrogen (secondary N) is 1. The van der Waals surface area contributed by atoms with E-state index in [2.05, 4.69) is 43.1 Å². The van der Waals surface area contributed by atoms with Gasteiger partial charge in [-0.3, -0.25) is 4.79 Å². The molecule has 0 aliphatic carbocycles. The van der Waals surface area contributed by atoms with E-state index in [4.69, 9.17) is 0 Å². The maximum Gasteiger partial charge on any atom is 0.254 e. The van der Waals surface area contributed by atoms with Crippen molar-refractivity contribution in [3.63, 3.8) is 0 Å². The van der Waals surface area contributed by atoms with Gasteiger partial charge in [-0.05, 0) is 76.1 Å². The number of amides is 1. The van der Waals surface area contributed by atoms with Crippen molar-refractivity contribution in [3.8, 4) is 0 Å². The molecule has 0 saturated carbocycles. The van der Waals surface area contributed by atoms with Crippen molar-refractivity contribution in [2.45, 2.75) is 46.5 Å². The van der Waals surface area contributed by atoms with Crippen molar-refractivity contribution < 1.29 is 4.79 Å². The van der Waals surface area contributed by atoms with Gasteiger partial charge >= 0.3 is 0 Å². The lowest BCUT2D eigenvalue weighted by Crippen LogP contribution is -2.47. The Balaban J connectivity index is 0.00000192. The molecule has 0 aromatic heterocycles. The van der Waals surface area contributed by atoms with Gasteiger partial charge in [0.2, 0.25) is 0 Å². The Hall–Kier alpha value is -1.06. The summed E-state index contributed by atoms with van der Waals surface area (Å²) in [5, 5.41) is 3.46. The molecule has 23 heavy (non-hydrogen) atoms. The summed E-state index contributed by atoms with van der Waals surface area (Å²) >= 11 is 0. The molecule has 0 bridgehead atoms. The Kier molecular flexibility index (Phi) is 5.74. The van der Waals surface area contributed by atoms with Crippen molar-refractivity contribution in [2.75, 3.05) is 26.2 Å². The second-order valence-corrected chi connectivity index (χ2v) is 7.32. The molecule has 2 heterocycles. The van der Waals surface area contributed by atoms with E-state index >= 15 is 0 Å². The maximum atomic E-state index is 12.9. The Morgan fingerprint density at radius 1 is 1.00 bits per heavy atom. The van der Waals surface area contributed by atoms with Crippen molar-refractivity contribution in [2.24, 2.45) is 5.41 Å². The lowest BCUT2D eigenvalue weighted by Gasteiger charge is -2.44. The highest BCUT2D eigenvalue weighted by Gasteiger charge is 2.37. The Morgan fingerprint density at radius 3 is 2.04 bits per heavy atom. The number of nitrogens with zero attached hydrogens (tertiary/aromatic N) is 1. The normalized spacial score (nSPS) is 20.2. The number of piperidine rings is 2. The molecule has 3 nitrogen and oxygen atoms in total. The van der Waals surface area contributed by atoms with Gasteiger partial charge in [-0.15, -0.1) is 12.4 Å². The number of benzene rings is 1. The number of rotatable bonds is 1.